The van der Waals surface area contributed by atoms with Crippen LogP contribution in [0.2, 0.25) is 0 Å². The lowest BCUT2D eigenvalue weighted by molar-refractivity contribution is 0.0130. The van der Waals surface area contributed by atoms with E-state index in [2.05, 4.69) is 10.3 Å². The summed E-state index contributed by atoms with van der Waals surface area (Å²) < 4.78 is 5.08. The van der Waals surface area contributed by atoms with Gasteiger partial charge in [-0.2, -0.15) is 0 Å². The molecule has 2 aromatic rings. The van der Waals surface area contributed by atoms with Crippen LogP contribution in [0.4, 0.5) is 4.79 Å². The smallest absolute Gasteiger partial charge is 0.407 e. The van der Waals surface area contributed by atoms with Crippen molar-refractivity contribution in [3.63, 3.8) is 0 Å². The van der Waals surface area contributed by atoms with Crippen LogP contribution < -0.4 is 5.32 Å². The molecule has 6 nitrogen and oxygen atoms in total. The van der Waals surface area contributed by atoms with E-state index < -0.39 is 23.9 Å². The third-order valence-electron chi connectivity index (χ3n) is 3.19. The minimum absolute atomic E-state index is 0.110. The van der Waals surface area contributed by atoms with E-state index in [4.69, 9.17) is 4.74 Å². The molecule has 0 radical (unpaired) electrons. The summed E-state index contributed by atoms with van der Waals surface area (Å²) in [5.41, 5.74) is 0.757. The van der Waals surface area contributed by atoms with Crippen LogP contribution in [0.15, 0.2) is 36.5 Å². The number of hydrogen-bond donors (Lipinski definition) is 3. The zero-order valence-electron chi connectivity index (χ0n) is 13.5. The van der Waals surface area contributed by atoms with E-state index in [1.807, 2.05) is 6.07 Å². The summed E-state index contributed by atoms with van der Waals surface area (Å²) in [5, 5.41) is 23.6. The predicted octanol–water partition coefficient (Wildman–Crippen LogP) is 2.15. The molecule has 2 atom stereocenters. The Balaban J connectivity index is 1.98. The molecule has 0 spiro atoms. The SMILES string of the molecule is CC(C)(C)OC(=O)NCC(O)C(O)c1ccc2ncccc2c1. The van der Waals surface area contributed by atoms with Crippen LogP contribution >= 0.6 is 0 Å². The molecule has 1 amide bonds. The zero-order chi connectivity index (χ0) is 17.0. The number of aromatic nitrogens is 1. The number of amides is 1. The molecule has 0 bridgehead atoms. The molecule has 6 heteroatoms. The molecule has 0 saturated heterocycles. The highest BCUT2D eigenvalue weighted by atomic mass is 16.6. The van der Waals surface area contributed by atoms with Gasteiger partial charge in [0.25, 0.3) is 0 Å². The van der Waals surface area contributed by atoms with Gasteiger partial charge in [0.2, 0.25) is 0 Å². The fraction of sp³-hybridized carbons (Fsp3) is 0.412. The molecule has 0 aliphatic heterocycles. The Labute approximate surface area is 135 Å². The first kappa shape index (κ1) is 17.2. The van der Waals surface area contributed by atoms with Gasteiger partial charge in [0.15, 0.2) is 0 Å². The fourth-order valence-electron chi connectivity index (χ4n) is 2.11. The lowest BCUT2D eigenvalue weighted by Gasteiger charge is -2.22. The summed E-state index contributed by atoms with van der Waals surface area (Å²) in [4.78, 5) is 15.8. The maximum atomic E-state index is 11.6. The number of nitrogens with one attached hydrogen (secondary N) is 1. The van der Waals surface area contributed by atoms with Crippen molar-refractivity contribution in [2.24, 2.45) is 0 Å². The average molecular weight is 318 g/mol. The van der Waals surface area contributed by atoms with E-state index in [0.29, 0.717) is 5.56 Å². The van der Waals surface area contributed by atoms with E-state index >= 15 is 0 Å². The van der Waals surface area contributed by atoms with E-state index in [1.165, 1.54) is 0 Å². The van der Waals surface area contributed by atoms with Crippen molar-refractivity contribution in [1.82, 2.24) is 10.3 Å². The van der Waals surface area contributed by atoms with E-state index in [0.717, 1.165) is 10.9 Å². The van der Waals surface area contributed by atoms with Gasteiger partial charge < -0.3 is 20.3 Å². The highest BCUT2D eigenvalue weighted by Gasteiger charge is 2.21. The van der Waals surface area contributed by atoms with Crippen LogP contribution in [-0.2, 0) is 4.74 Å². The maximum Gasteiger partial charge on any atom is 0.407 e. The van der Waals surface area contributed by atoms with Crippen LogP contribution in [0, 0.1) is 0 Å². The second kappa shape index (κ2) is 6.93. The van der Waals surface area contributed by atoms with Crippen LogP contribution in [-0.4, -0.2) is 39.5 Å². The first-order chi connectivity index (χ1) is 10.8. The fourth-order valence-corrected chi connectivity index (χ4v) is 2.11. The molecule has 0 saturated carbocycles. The van der Waals surface area contributed by atoms with Crippen LogP contribution in [0.1, 0.15) is 32.4 Å². The van der Waals surface area contributed by atoms with Crippen LogP contribution in [0.25, 0.3) is 10.9 Å². The molecule has 2 unspecified atom stereocenters. The number of pyridine rings is 1. The normalized spacial score (nSPS) is 14.3. The molecule has 0 aliphatic carbocycles. The molecule has 0 fully saturated rings. The van der Waals surface area contributed by atoms with Crippen molar-refractivity contribution >= 4 is 17.0 Å². The standard InChI is InChI=1S/C17H22N2O4/c1-17(2,3)23-16(22)19-10-14(20)15(21)12-6-7-13-11(9-12)5-4-8-18-13/h4-9,14-15,20-21H,10H2,1-3H3,(H,19,22). The Morgan fingerprint density at radius 2 is 2.04 bits per heavy atom. The summed E-state index contributed by atoms with van der Waals surface area (Å²) in [6.07, 6.45) is -1.20. The van der Waals surface area contributed by atoms with Crippen molar-refractivity contribution in [2.45, 2.75) is 38.6 Å². The number of hydrogen-bond acceptors (Lipinski definition) is 5. The number of aliphatic hydroxyl groups is 2. The lowest BCUT2D eigenvalue weighted by Crippen LogP contribution is -2.38. The van der Waals surface area contributed by atoms with Gasteiger partial charge in [-0.15, -0.1) is 0 Å². The Kier molecular flexibility index (Phi) is 5.18. The average Bonchev–Trinajstić information content (AvgIpc) is 2.49. The van der Waals surface area contributed by atoms with Crippen molar-refractivity contribution in [3.8, 4) is 0 Å². The van der Waals surface area contributed by atoms with E-state index in [9.17, 15) is 15.0 Å². The molecule has 1 heterocycles. The van der Waals surface area contributed by atoms with E-state index in [-0.39, 0.29) is 6.54 Å². The van der Waals surface area contributed by atoms with E-state index in [1.54, 1.807) is 51.2 Å². The molecular weight excluding hydrogens is 296 g/mol. The molecular formula is C17H22N2O4. The minimum atomic E-state index is -1.14. The van der Waals surface area contributed by atoms with Gasteiger partial charge in [-0.05, 0) is 44.5 Å². The van der Waals surface area contributed by atoms with Gasteiger partial charge in [0, 0.05) is 18.1 Å². The number of carbonyl (C=O) groups excluding carboxylic acids is 1. The van der Waals surface area contributed by atoms with Crippen LogP contribution in [0.3, 0.4) is 0 Å². The number of carbonyl (C=O) groups is 1. The maximum absolute atomic E-state index is 11.6. The number of rotatable bonds is 4. The zero-order valence-corrected chi connectivity index (χ0v) is 13.5. The topological polar surface area (TPSA) is 91.7 Å². The number of alkyl carbamates (subject to hydrolysis) is 1. The van der Waals surface area contributed by atoms with Gasteiger partial charge in [-0.25, -0.2) is 4.79 Å². The number of nitrogens with zero attached hydrogens (tertiary/aromatic N) is 1. The molecule has 3 N–H and O–H groups in total. The third kappa shape index (κ3) is 4.91. The molecule has 1 aromatic carbocycles. The van der Waals surface area contributed by atoms with Crippen molar-refractivity contribution < 1.29 is 19.7 Å². The molecule has 0 aliphatic rings. The van der Waals surface area contributed by atoms with Gasteiger partial charge in [0.05, 0.1) is 5.52 Å². The van der Waals surface area contributed by atoms with Crippen molar-refractivity contribution in [2.75, 3.05) is 6.54 Å². The Morgan fingerprint density at radius 3 is 2.74 bits per heavy atom. The summed E-state index contributed by atoms with van der Waals surface area (Å²) in [6, 6.07) is 8.94. The third-order valence-corrected chi connectivity index (χ3v) is 3.19. The Morgan fingerprint density at radius 1 is 1.30 bits per heavy atom. The second-order valence-corrected chi connectivity index (χ2v) is 6.35. The number of fused-ring (bicyclic) bond motifs is 1. The minimum Gasteiger partial charge on any atom is -0.444 e. The predicted molar refractivity (Wildman–Crippen MR) is 86.9 cm³/mol. The molecule has 23 heavy (non-hydrogen) atoms. The first-order valence-electron chi connectivity index (χ1n) is 7.44. The lowest BCUT2D eigenvalue weighted by atomic mass is 10.0. The Bertz CT molecular complexity index is 682. The summed E-state index contributed by atoms with van der Waals surface area (Å²) in [7, 11) is 0. The summed E-state index contributed by atoms with van der Waals surface area (Å²) in [6.45, 7) is 5.14. The van der Waals surface area contributed by atoms with Gasteiger partial charge in [-0.3, -0.25) is 4.98 Å². The van der Waals surface area contributed by atoms with Crippen LogP contribution in [0.5, 0.6) is 0 Å². The van der Waals surface area contributed by atoms with Gasteiger partial charge in [0.1, 0.15) is 17.8 Å². The quantitative estimate of drug-likeness (QED) is 0.803. The Hall–Kier alpha value is -2.18. The molecule has 124 valence electrons. The molecule has 1 aromatic heterocycles. The highest BCUT2D eigenvalue weighted by molar-refractivity contribution is 5.79. The molecule has 2 rings (SSSR count). The number of aliphatic hydroxyl groups excluding tert-OH is 2. The highest BCUT2D eigenvalue weighted by Crippen LogP contribution is 2.21. The number of benzene rings is 1. The largest absolute Gasteiger partial charge is 0.444 e. The van der Waals surface area contributed by atoms with Gasteiger partial charge >= 0.3 is 6.09 Å². The van der Waals surface area contributed by atoms with Gasteiger partial charge in [-0.1, -0.05) is 12.1 Å². The summed E-state index contributed by atoms with van der Waals surface area (Å²) >= 11 is 0. The van der Waals surface area contributed by atoms with Crippen molar-refractivity contribution in [3.05, 3.63) is 42.1 Å². The first-order valence-corrected chi connectivity index (χ1v) is 7.44. The van der Waals surface area contributed by atoms with Crippen molar-refractivity contribution in [1.29, 1.82) is 0 Å². The number of ether oxygens (including phenoxy) is 1. The second-order valence-electron chi connectivity index (χ2n) is 6.35. The monoisotopic (exact) mass is 318 g/mol. The summed E-state index contributed by atoms with van der Waals surface area (Å²) in [5.74, 6) is 0.